The lowest BCUT2D eigenvalue weighted by Gasteiger charge is -2.02. The molecule has 0 saturated heterocycles. The van der Waals surface area contributed by atoms with Crippen LogP contribution >= 0.6 is 0 Å². The highest BCUT2D eigenvalue weighted by atomic mass is 16.5. The van der Waals surface area contributed by atoms with E-state index in [0.29, 0.717) is 30.4 Å². The summed E-state index contributed by atoms with van der Waals surface area (Å²) in [7, 11) is 0. The third kappa shape index (κ3) is 2.34. The van der Waals surface area contributed by atoms with Crippen molar-refractivity contribution in [2.24, 2.45) is 0 Å². The van der Waals surface area contributed by atoms with Gasteiger partial charge >= 0.3 is 5.76 Å². The van der Waals surface area contributed by atoms with Crippen LogP contribution in [0.15, 0.2) is 13.7 Å². The summed E-state index contributed by atoms with van der Waals surface area (Å²) in [6.45, 7) is 5.70. The Labute approximate surface area is 104 Å². The van der Waals surface area contributed by atoms with Crippen LogP contribution in [0.5, 0.6) is 0 Å². The van der Waals surface area contributed by atoms with Gasteiger partial charge in [0.05, 0.1) is 0 Å². The van der Waals surface area contributed by atoms with Gasteiger partial charge in [-0.2, -0.15) is 9.67 Å². The first-order chi connectivity index (χ1) is 8.65. The number of nitrogens with zero attached hydrogens (tertiary/aromatic N) is 4. The molecule has 0 aromatic carbocycles. The van der Waals surface area contributed by atoms with Gasteiger partial charge in [-0.15, -0.1) is 5.10 Å². The number of rotatable bonds is 5. The van der Waals surface area contributed by atoms with Crippen molar-refractivity contribution in [1.29, 1.82) is 0 Å². The Balaban J connectivity index is 2.27. The Morgan fingerprint density at radius 2 is 2.17 bits per heavy atom. The summed E-state index contributed by atoms with van der Waals surface area (Å²) in [5.41, 5.74) is 0. The average Bonchev–Trinajstić information content (AvgIpc) is 2.95. The maximum absolute atomic E-state index is 11.6. The monoisotopic (exact) mass is 252 g/mol. The first kappa shape index (κ1) is 12.5. The molecule has 0 fully saturated rings. The molecule has 2 aromatic rings. The molecule has 0 saturated carbocycles. The normalized spacial score (nSPS) is 12.8. The van der Waals surface area contributed by atoms with E-state index in [1.54, 1.807) is 6.92 Å². The van der Waals surface area contributed by atoms with Crippen LogP contribution in [0.4, 0.5) is 0 Å². The van der Waals surface area contributed by atoms with Crippen LogP contribution in [-0.4, -0.2) is 19.9 Å². The lowest BCUT2D eigenvalue weighted by atomic mass is 10.3. The number of hydrogen-bond donors (Lipinski definition) is 0. The van der Waals surface area contributed by atoms with Gasteiger partial charge in [0.2, 0.25) is 5.89 Å². The lowest BCUT2D eigenvalue weighted by molar-refractivity contribution is 0.324. The minimum atomic E-state index is -0.498. The molecule has 2 rings (SSSR count). The summed E-state index contributed by atoms with van der Waals surface area (Å²) in [6, 6.07) is -0.417. The molecule has 0 N–H and O–H groups in total. The molecule has 2 aromatic heterocycles. The molecule has 0 bridgehead atoms. The molecule has 1 unspecified atom stereocenters. The van der Waals surface area contributed by atoms with Crippen molar-refractivity contribution in [2.75, 3.05) is 0 Å². The van der Waals surface area contributed by atoms with Crippen LogP contribution in [0.3, 0.4) is 0 Å². The summed E-state index contributed by atoms with van der Waals surface area (Å²) in [4.78, 5) is 15.8. The fourth-order valence-corrected chi connectivity index (χ4v) is 1.57. The number of hydrogen-bond acceptors (Lipinski definition) is 6. The summed E-state index contributed by atoms with van der Waals surface area (Å²) in [5, 5.41) is 7.91. The van der Waals surface area contributed by atoms with Crippen molar-refractivity contribution in [2.45, 2.75) is 46.1 Å². The summed E-state index contributed by atoms with van der Waals surface area (Å²) in [6.07, 6.45) is 2.19. The summed E-state index contributed by atoms with van der Waals surface area (Å²) in [5.74, 6) is 0.916. The molecule has 0 radical (unpaired) electrons. The third-order valence-electron chi connectivity index (χ3n) is 2.60. The van der Waals surface area contributed by atoms with Gasteiger partial charge < -0.3 is 8.94 Å². The molecular formula is C11H16N4O3. The molecular weight excluding hydrogens is 236 g/mol. The standard InChI is InChI=1S/C11H16N4O3/c1-4-6-9-13-15(11(16)17-9)7(3)10-12-8(5-2)14-18-10/h7H,4-6H2,1-3H3. The third-order valence-corrected chi connectivity index (χ3v) is 2.60. The Kier molecular flexibility index (Phi) is 3.59. The number of aromatic nitrogens is 4. The zero-order valence-electron chi connectivity index (χ0n) is 10.7. The second-order valence-corrected chi connectivity index (χ2v) is 4.03. The average molecular weight is 252 g/mol. The minimum absolute atomic E-state index is 0.366. The molecule has 98 valence electrons. The van der Waals surface area contributed by atoms with Gasteiger partial charge in [-0.25, -0.2) is 4.79 Å². The molecule has 2 heterocycles. The first-order valence-corrected chi connectivity index (χ1v) is 6.06. The van der Waals surface area contributed by atoms with Crippen LogP contribution < -0.4 is 5.76 Å². The van der Waals surface area contributed by atoms with Crippen molar-refractivity contribution in [3.05, 3.63) is 28.2 Å². The van der Waals surface area contributed by atoms with E-state index in [0.717, 1.165) is 6.42 Å². The van der Waals surface area contributed by atoms with E-state index in [1.807, 2.05) is 13.8 Å². The van der Waals surface area contributed by atoms with Gasteiger partial charge in [0.1, 0.15) is 6.04 Å². The van der Waals surface area contributed by atoms with Crippen LogP contribution in [0, 0.1) is 0 Å². The lowest BCUT2D eigenvalue weighted by Crippen LogP contribution is -2.21. The Bertz CT molecular complexity index is 569. The molecule has 0 amide bonds. The Morgan fingerprint density at radius 3 is 2.78 bits per heavy atom. The maximum Gasteiger partial charge on any atom is 0.437 e. The van der Waals surface area contributed by atoms with E-state index in [9.17, 15) is 4.79 Å². The quantitative estimate of drug-likeness (QED) is 0.798. The topological polar surface area (TPSA) is 87.0 Å². The summed E-state index contributed by atoms with van der Waals surface area (Å²) >= 11 is 0. The molecule has 0 spiro atoms. The second-order valence-electron chi connectivity index (χ2n) is 4.03. The molecule has 0 aliphatic rings. The van der Waals surface area contributed by atoms with Crippen molar-refractivity contribution in [3.63, 3.8) is 0 Å². The fourth-order valence-electron chi connectivity index (χ4n) is 1.57. The van der Waals surface area contributed by atoms with Crippen LogP contribution in [-0.2, 0) is 12.8 Å². The van der Waals surface area contributed by atoms with Crippen molar-refractivity contribution >= 4 is 0 Å². The Morgan fingerprint density at radius 1 is 1.39 bits per heavy atom. The second kappa shape index (κ2) is 5.16. The largest absolute Gasteiger partial charge is 0.437 e. The van der Waals surface area contributed by atoms with E-state index in [1.165, 1.54) is 4.68 Å². The van der Waals surface area contributed by atoms with E-state index in [4.69, 9.17) is 8.94 Å². The highest BCUT2D eigenvalue weighted by Crippen LogP contribution is 2.13. The van der Waals surface area contributed by atoms with E-state index in [2.05, 4.69) is 15.2 Å². The SMILES string of the molecule is CCCc1nn(C(C)c2nc(CC)no2)c(=O)o1. The fraction of sp³-hybridized carbons (Fsp3) is 0.636. The minimum Gasteiger partial charge on any atom is -0.392 e. The van der Waals surface area contributed by atoms with E-state index < -0.39 is 11.8 Å². The molecule has 0 aliphatic carbocycles. The van der Waals surface area contributed by atoms with Gasteiger partial charge in [-0.1, -0.05) is 19.0 Å². The number of aryl methyl sites for hydroxylation is 2. The van der Waals surface area contributed by atoms with Crippen molar-refractivity contribution < 1.29 is 8.94 Å². The smallest absolute Gasteiger partial charge is 0.392 e. The van der Waals surface area contributed by atoms with Crippen molar-refractivity contribution in [3.8, 4) is 0 Å². The highest BCUT2D eigenvalue weighted by molar-refractivity contribution is 4.93. The van der Waals surface area contributed by atoms with Gasteiger partial charge in [-0.05, 0) is 13.3 Å². The van der Waals surface area contributed by atoms with E-state index in [-0.39, 0.29) is 0 Å². The van der Waals surface area contributed by atoms with Crippen molar-refractivity contribution in [1.82, 2.24) is 19.9 Å². The van der Waals surface area contributed by atoms with E-state index >= 15 is 0 Å². The van der Waals surface area contributed by atoms with Gasteiger partial charge in [-0.3, -0.25) is 0 Å². The Hall–Kier alpha value is -1.92. The van der Waals surface area contributed by atoms with Gasteiger partial charge in [0, 0.05) is 12.8 Å². The predicted molar refractivity (Wildman–Crippen MR) is 62.2 cm³/mol. The zero-order chi connectivity index (χ0) is 13.1. The molecule has 18 heavy (non-hydrogen) atoms. The zero-order valence-corrected chi connectivity index (χ0v) is 10.7. The molecule has 0 aliphatic heterocycles. The van der Waals surface area contributed by atoms with Crippen LogP contribution in [0.2, 0.25) is 0 Å². The highest BCUT2D eigenvalue weighted by Gasteiger charge is 2.20. The molecule has 1 atom stereocenters. The molecule has 7 heteroatoms. The van der Waals surface area contributed by atoms with Gasteiger partial charge in [0.25, 0.3) is 5.89 Å². The maximum atomic E-state index is 11.6. The predicted octanol–water partition coefficient (Wildman–Crippen LogP) is 1.34. The van der Waals surface area contributed by atoms with Gasteiger partial charge in [0.15, 0.2) is 5.82 Å². The molecule has 7 nitrogen and oxygen atoms in total. The first-order valence-electron chi connectivity index (χ1n) is 6.06. The van der Waals surface area contributed by atoms with Crippen LogP contribution in [0.25, 0.3) is 0 Å². The summed E-state index contributed by atoms with van der Waals surface area (Å²) < 4.78 is 11.4. The van der Waals surface area contributed by atoms with Crippen LogP contribution in [0.1, 0.15) is 50.8 Å².